The van der Waals surface area contributed by atoms with Gasteiger partial charge in [-0.25, -0.2) is 0 Å². The number of rotatable bonds is 7. The maximum Gasteiger partial charge on any atom is 0.325 e. The van der Waals surface area contributed by atoms with Crippen LogP contribution in [-0.4, -0.2) is 36.0 Å². The molecular formula is C17H23NO5. The molecule has 0 fully saturated rings. The Hall–Kier alpha value is -2.21. The maximum absolute atomic E-state index is 11.6. The molecular weight excluding hydrogens is 298 g/mol. The fourth-order valence-electron chi connectivity index (χ4n) is 2.53. The summed E-state index contributed by atoms with van der Waals surface area (Å²) in [6.07, 6.45) is 1.10. The average molecular weight is 321 g/mol. The topological polar surface area (TPSA) is 69.9 Å². The molecule has 6 heteroatoms. The van der Waals surface area contributed by atoms with Crippen molar-refractivity contribution in [1.29, 1.82) is 0 Å². The number of carbonyl (C=O) groups is 1. The standard InChI is InChI=1S/C17H23NO5/c1-5-22-15-7-12-13(11(3)19)9-18(10-17(20)21-4)14(12)8-16(15)23-6-2/h7-9,11,19H,5-6,10H2,1-4H3. The van der Waals surface area contributed by atoms with E-state index in [0.717, 1.165) is 16.5 Å². The average Bonchev–Trinajstić information content (AvgIpc) is 2.86. The van der Waals surface area contributed by atoms with Crippen molar-refractivity contribution in [2.45, 2.75) is 33.4 Å². The van der Waals surface area contributed by atoms with E-state index < -0.39 is 6.10 Å². The van der Waals surface area contributed by atoms with Gasteiger partial charge in [0, 0.05) is 23.2 Å². The maximum atomic E-state index is 11.6. The van der Waals surface area contributed by atoms with Crippen LogP contribution in [0.15, 0.2) is 18.3 Å². The Morgan fingerprint density at radius 2 is 1.83 bits per heavy atom. The van der Waals surface area contributed by atoms with Crippen LogP contribution in [0.1, 0.15) is 32.4 Å². The molecule has 0 bridgehead atoms. The van der Waals surface area contributed by atoms with E-state index in [1.165, 1.54) is 7.11 Å². The van der Waals surface area contributed by atoms with Crippen LogP contribution in [0.4, 0.5) is 0 Å². The summed E-state index contributed by atoms with van der Waals surface area (Å²) >= 11 is 0. The normalized spacial score (nSPS) is 12.2. The predicted octanol–water partition coefficient (Wildman–Crippen LogP) is 2.67. The Bertz CT molecular complexity index is 690. The van der Waals surface area contributed by atoms with Crippen molar-refractivity contribution in [3.63, 3.8) is 0 Å². The van der Waals surface area contributed by atoms with E-state index in [1.807, 2.05) is 26.0 Å². The SMILES string of the molecule is CCOc1cc2c(C(C)O)cn(CC(=O)OC)c2cc1OCC. The third kappa shape index (κ3) is 3.59. The van der Waals surface area contributed by atoms with Crippen molar-refractivity contribution in [3.8, 4) is 11.5 Å². The molecule has 1 unspecified atom stereocenters. The van der Waals surface area contributed by atoms with Crippen LogP contribution < -0.4 is 9.47 Å². The summed E-state index contributed by atoms with van der Waals surface area (Å²) in [4.78, 5) is 11.6. The van der Waals surface area contributed by atoms with E-state index in [0.29, 0.717) is 24.7 Å². The van der Waals surface area contributed by atoms with Gasteiger partial charge in [-0.1, -0.05) is 0 Å². The van der Waals surface area contributed by atoms with E-state index in [1.54, 1.807) is 17.7 Å². The molecule has 0 amide bonds. The highest BCUT2D eigenvalue weighted by atomic mass is 16.5. The molecule has 0 radical (unpaired) electrons. The van der Waals surface area contributed by atoms with Gasteiger partial charge in [-0.05, 0) is 26.8 Å². The van der Waals surface area contributed by atoms with Crippen LogP contribution in [0.25, 0.3) is 10.9 Å². The molecule has 23 heavy (non-hydrogen) atoms. The number of esters is 1. The highest BCUT2D eigenvalue weighted by molar-refractivity contribution is 5.89. The van der Waals surface area contributed by atoms with Gasteiger partial charge in [0.05, 0.1) is 31.9 Å². The highest BCUT2D eigenvalue weighted by Crippen LogP contribution is 2.37. The molecule has 1 aromatic heterocycles. The first kappa shape index (κ1) is 17.1. The molecule has 0 saturated carbocycles. The number of nitrogens with zero attached hydrogens (tertiary/aromatic N) is 1. The minimum absolute atomic E-state index is 0.0687. The fourth-order valence-corrected chi connectivity index (χ4v) is 2.53. The molecule has 0 aliphatic heterocycles. The van der Waals surface area contributed by atoms with Gasteiger partial charge < -0.3 is 23.9 Å². The van der Waals surface area contributed by atoms with Gasteiger partial charge in [0.25, 0.3) is 0 Å². The minimum Gasteiger partial charge on any atom is -0.490 e. The molecule has 1 N–H and O–H groups in total. The number of aliphatic hydroxyl groups excluding tert-OH is 1. The van der Waals surface area contributed by atoms with Gasteiger partial charge in [0.2, 0.25) is 0 Å². The van der Waals surface area contributed by atoms with Crippen LogP contribution >= 0.6 is 0 Å². The zero-order valence-electron chi connectivity index (χ0n) is 14.0. The van der Waals surface area contributed by atoms with Crippen molar-refractivity contribution < 1.29 is 24.1 Å². The summed E-state index contributed by atoms with van der Waals surface area (Å²) < 4.78 is 17.8. The Kier molecular flexibility index (Phi) is 5.50. The molecule has 2 rings (SSSR count). The zero-order valence-corrected chi connectivity index (χ0v) is 14.0. The van der Waals surface area contributed by atoms with Crippen LogP contribution in [-0.2, 0) is 16.1 Å². The molecule has 0 aliphatic carbocycles. The van der Waals surface area contributed by atoms with E-state index in [2.05, 4.69) is 0 Å². The largest absolute Gasteiger partial charge is 0.490 e. The minimum atomic E-state index is -0.663. The van der Waals surface area contributed by atoms with Gasteiger partial charge in [-0.15, -0.1) is 0 Å². The van der Waals surface area contributed by atoms with Crippen molar-refractivity contribution >= 4 is 16.9 Å². The number of hydrogen-bond acceptors (Lipinski definition) is 5. The monoisotopic (exact) mass is 321 g/mol. The molecule has 6 nitrogen and oxygen atoms in total. The lowest BCUT2D eigenvalue weighted by atomic mass is 10.1. The Morgan fingerprint density at radius 3 is 2.35 bits per heavy atom. The van der Waals surface area contributed by atoms with Crippen molar-refractivity contribution in [2.75, 3.05) is 20.3 Å². The van der Waals surface area contributed by atoms with Crippen LogP contribution in [0, 0.1) is 0 Å². The first-order valence-corrected chi connectivity index (χ1v) is 7.69. The number of hydrogen-bond donors (Lipinski definition) is 1. The van der Waals surface area contributed by atoms with E-state index >= 15 is 0 Å². The second-order valence-corrected chi connectivity index (χ2v) is 5.15. The predicted molar refractivity (Wildman–Crippen MR) is 86.9 cm³/mol. The van der Waals surface area contributed by atoms with E-state index in [9.17, 15) is 9.90 Å². The Morgan fingerprint density at radius 1 is 1.22 bits per heavy atom. The van der Waals surface area contributed by atoms with E-state index in [4.69, 9.17) is 14.2 Å². The number of benzene rings is 1. The zero-order chi connectivity index (χ0) is 17.0. The highest BCUT2D eigenvalue weighted by Gasteiger charge is 2.18. The quantitative estimate of drug-likeness (QED) is 0.794. The van der Waals surface area contributed by atoms with Crippen LogP contribution in [0.2, 0.25) is 0 Å². The van der Waals surface area contributed by atoms with Gasteiger partial charge in [-0.2, -0.15) is 0 Å². The fraction of sp³-hybridized carbons (Fsp3) is 0.471. The number of carbonyl (C=O) groups excluding carboxylic acids is 1. The molecule has 1 heterocycles. The number of ether oxygens (including phenoxy) is 3. The van der Waals surface area contributed by atoms with Crippen LogP contribution in [0.3, 0.4) is 0 Å². The summed E-state index contributed by atoms with van der Waals surface area (Å²) in [5, 5.41) is 10.8. The summed E-state index contributed by atoms with van der Waals surface area (Å²) in [7, 11) is 1.35. The first-order valence-electron chi connectivity index (χ1n) is 7.69. The van der Waals surface area contributed by atoms with Crippen molar-refractivity contribution in [2.24, 2.45) is 0 Å². The second-order valence-electron chi connectivity index (χ2n) is 5.15. The lowest BCUT2D eigenvalue weighted by molar-refractivity contribution is -0.141. The van der Waals surface area contributed by atoms with Crippen molar-refractivity contribution in [1.82, 2.24) is 4.57 Å². The van der Waals surface area contributed by atoms with Gasteiger partial charge in [0.15, 0.2) is 11.5 Å². The summed E-state index contributed by atoms with van der Waals surface area (Å²) in [5.74, 6) is 0.883. The number of aromatic nitrogens is 1. The van der Waals surface area contributed by atoms with Gasteiger partial charge in [-0.3, -0.25) is 4.79 Å². The lowest BCUT2D eigenvalue weighted by Crippen LogP contribution is -2.10. The third-order valence-electron chi connectivity index (χ3n) is 3.55. The molecule has 1 aromatic carbocycles. The Balaban J connectivity index is 2.63. The molecule has 0 saturated heterocycles. The summed E-state index contributed by atoms with van der Waals surface area (Å²) in [5.41, 5.74) is 1.52. The van der Waals surface area contributed by atoms with Gasteiger partial charge >= 0.3 is 5.97 Å². The Labute approximate surface area is 135 Å². The number of aliphatic hydroxyl groups is 1. The molecule has 0 aliphatic rings. The molecule has 2 aromatic rings. The number of fused-ring (bicyclic) bond motifs is 1. The summed E-state index contributed by atoms with van der Waals surface area (Å²) in [6, 6.07) is 3.68. The van der Waals surface area contributed by atoms with Gasteiger partial charge in [0.1, 0.15) is 6.54 Å². The molecule has 0 spiro atoms. The summed E-state index contributed by atoms with van der Waals surface area (Å²) in [6.45, 7) is 6.57. The second kappa shape index (κ2) is 7.37. The van der Waals surface area contributed by atoms with Crippen molar-refractivity contribution in [3.05, 3.63) is 23.9 Å². The van der Waals surface area contributed by atoms with Crippen LogP contribution in [0.5, 0.6) is 11.5 Å². The molecule has 1 atom stereocenters. The molecule has 126 valence electrons. The number of methoxy groups -OCH3 is 1. The lowest BCUT2D eigenvalue weighted by Gasteiger charge is -2.12. The first-order chi connectivity index (χ1) is 11.0. The third-order valence-corrected chi connectivity index (χ3v) is 3.55. The smallest absolute Gasteiger partial charge is 0.325 e. The van der Waals surface area contributed by atoms with E-state index in [-0.39, 0.29) is 12.5 Å².